The van der Waals surface area contributed by atoms with Gasteiger partial charge < -0.3 is 14.7 Å². The van der Waals surface area contributed by atoms with Gasteiger partial charge >= 0.3 is 0 Å². The Morgan fingerprint density at radius 1 is 1.26 bits per heavy atom. The minimum absolute atomic E-state index is 0.138. The molecule has 0 radical (unpaired) electrons. The first kappa shape index (κ1) is 21.0. The quantitative estimate of drug-likeness (QED) is 0.601. The molecule has 6 nitrogen and oxygen atoms in total. The van der Waals surface area contributed by atoms with Crippen molar-refractivity contribution in [2.75, 3.05) is 24.6 Å². The fraction of sp³-hybridized carbons (Fsp3) is 0.478. The van der Waals surface area contributed by atoms with Gasteiger partial charge in [0.15, 0.2) is 5.82 Å². The van der Waals surface area contributed by atoms with Crippen molar-refractivity contribution in [1.82, 2.24) is 14.6 Å². The highest BCUT2D eigenvalue weighted by Crippen LogP contribution is 2.43. The van der Waals surface area contributed by atoms with Crippen LogP contribution in [0.15, 0.2) is 24.3 Å². The Morgan fingerprint density at radius 3 is 2.71 bits per heavy atom. The van der Waals surface area contributed by atoms with Gasteiger partial charge in [-0.25, -0.2) is 9.50 Å². The molecule has 1 spiro atoms. The van der Waals surface area contributed by atoms with E-state index in [0.717, 1.165) is 67.2 Å². The molecule has 2 aliphatic heterocycles. The van der Waals surface area contributed by atoms with E-state index in [1.807, 2.05) is 29.6 Å². The summed E-state index contributed by atoms with van der Waals surface area (Å²) in [5.74, 6) is 0.897. The van der Waals surface area contributed by atoms with E-state index in [-0.39, 0.29) is 6.61 Å². The van der Waals surface area contributed by atoms with Gasteiger partial charge in [-0.3, -0.25) is 0 Å². The van der Waals surface area contributed by atoms with E-state index in [2.05, 4.69) is 16.9 Å². The SMILES string of the molecule is Cc1nc(N2CCC3(CC2)CO[C@@H](C)C3)c2cc(CO)nn2c1-c1cccc(Cl)c1Cl. The highest BCUT2D eigenvalue weighted by Gasteiger charge is 2.41. The molecule has 2 saturated heterocycles. The summed E-state index contributed by atoms with van der Waals surface area (Å²) in [7, 11) is 0. The number of hydrogen-bond donors (Lipinski definition) is 1. The number of benzene rings is 1. The summed E-state index contributed by atoms with van der Waals surface area (Å²) < 4.78 is 7.73. The second kappa shape index (κ2) is 7.93. The Morgan fingerprint density at radius 2 is 2.03 bits per heavy atom. The molecule has 1 N–H and O–H groups in total. The second-order valence-electron chi connectivity index (χ2n) is 8.87. The molecule has 0 amide bonds. The zero-order valence-electron chi connectivity index (χ0n) is 17.7. The average molecular weight is 461 g/mol. The lowest BCUT2D eigenvalue weighted by Crippen LogP contribution is -2.41. The van der Waals surface area contributed by atoms with Crippen molar-refractivity contribution in [3.63, 3.8) is 0 Å². The van der Waals surface area contributed by atoms with Crippen LogP contribution in [0.2, 0.25) is 10.0 Å². The van der Waals surface area contributed by atoms with Crippen molar-refractivity contribution in [3.05, 3.63) is 45.7 Å². The third-order valence-electron chi connectivity index (χ3n) is 6.70. The number of hydrogen-bond acceptors (Lipinski definition) is 5. The van der Waals surface area contributed by atoms with Crippen LogP contribution in [0.25, 0.3) is 16.8 Å². The van der Waals surface area contributed by atoms with E-state index in [1.165, 1.54) is 0 Å². The van der Waals surface area contributed by atoms with Crippen LogP contribution in [0.3, 0.4) is 0 Å². The molecule has 164 valence electrons. The van der Waals surface area contributed by atoms with Gasteiger partial charge in [-0.1, -0.05) is 35.3 Å². The van der Waals surface area contributed by atoms with Crippen molar-refractivity contribution < 1.29 is 9.84 Å². The minimum atomic E-state index is -0.138. The molecule has 1 atom stereocenters. The lowest BCUT2D eigenvalue weighted by molar-refractivity contribution is 0.0976. The molecule has 3 aromatic rings. The van der Waals surface area contributed by atoms with Crippen LogP contribution in [0.1, 0.15) is 37.6 Å². The van der Waals surface area contributed by atoms with Gasteiger partial charge in [0, 0.05) is 18.7 Å². The van der Waals surface area contributed by atoms with Gasteiger partial charge in [0.1, 0.15) is 5.52 Å². The second-order valence-corrected chi connectivity index (χ2v) is 9.66. The summed E-state index contributed by atoms with van der Waals surface area (Å²) in [4.78, 5) is 7.34. The summed E-state index contributed by atoms with van der Waals surface area (Å²) in [6.45, 7) is 6.70. The molecule has 0 saturated carbocycles. The Balaban J connectivity index is 1.58. The maximum atomic E-state index is 9.76. The Kier molecular flexibility index (Phi) is 5.37. The van der Waals surface area contributed by atoms with E-state index in [9.17, 15) is 5.11 Å². The molecule has 5 rings (SSSR count). The maximum absolute atomic E-state index is 9.76. The number of fused-ring (bicyclic) bond motifs is 1. The third-order valence-corrected chi connectivity index (χ3v) is 7.52. The molecular weight excluding hydrogens is 435 g/mol. The summed E-state index contributed by atoms with van der Waals surface area (Å²) >= 11 is 12.8. The highest BCUT2D eigenvalue weighted by atomic mass is 35.5. The van der Waals surface area contributed by atoms with Crippen molar-refractivity contribution in [2.45, 2.75) is 45.8 Å². The van der Waals surface area contributed by atoms with Gasteiger partial charge in [0.2, 0.25) is 0 Å². The first-order valence-corrected chi connectivity index (χ1v) is 11.5. The molecule has 8 heteroatoms. The first-order chi connectivity index (χ1) is 14.9. The summed E-state index contributed by atoms with van der Waals surface area (Å²) in [6, 6.07) is 7.47. The molecular formula is C23H26Cl2N4O2. The van der Waals surface area contributed by atoms with Crippen molar-refractivity contribution in [1.29, 1.82) is 0 Å². The molecule has 0 bridgehead atoms. The summed E-state index contributed by atoms with van der Waals surface area (Å²) in [6.07, 6.45) is 3.67. The Hall–Kier alpha value is -1.86. The fourth-order valence-electron chi connectivity index (χ4n) is 5.08. The number of aliphatic hydroxyl groups is 1. The van der Waals surface area contributed by atoms with Gasteiger partial charge in [-0.15, -0.1) is 0 Å². The zero-order chi connectivity index (χ0) is 21.8. The standard InChI is InChI=1S/C23H26Cl2N4O2/c1-14-11-23(13-31-14)6-8-28(9-7-23)22-19-10-16(12-30)27-29(19)21(15(2)26-22)17-4-3-5-18(24)20(17)25/h3-5,10,14,30H,6-9,11-13H2,1-2H3/t14-/m0/s1. The molecule has 1 aromatic carbocycles. The van der Waals surface area contributed by atoms with Gasteiger partial charge in [0.05, 0.1) is 46.4 Å². The molecule has 2 aromatic heterocycles. The monoisotopic (exact) mass is 460 g/mol. The van der Waals surface area contributed by atoms with Crippen LogP contribution in [-0.2, 0) is 11.3 Å². The maximum Gasteiger partial charge on any atom is 0.155 e. The number of anilines is 1. The van der Waals surface area contributed by atoms with Gasteiger partial charge in [-0.2, -0.15) is 5.10 Å². The summed E-state index contributed by atoms with van der Waals surface area (Å²) in [5, 5.41) is 15.4. The third kappa shape index (κ3) is 3.59. The van der Waals surface area contributed by atoms with Gasteiger partial charge in [0.25, 0.3) is 0 Å². The van der Waals surface area contributed by atoms with Crippen molar-refractivity contribution in [2.24, 2.45) is 5.41 Å². The number of nitrogens with zero attached hydrogens (tertiary/aromatic N) is 4. The molecule has 4 heterocycles. The number of aromatic nitrogens is 3. The van der Waals surface area contributed by atoms with Gasteiger partial charge in [-0.05, 0) is 50.7 Å². The van der Waals surface area contributed by atoms with Crippen LogP contribution < -0.4 is 4.90 Å². The Labute approximate surface area is 191 Å². The van der Waals surface area contributed by atoms with Crippen LogP contribution in [-0.4, -0.2) is 45.5 Å². The summed E-state index contributed by atoms with van der Waals surface area (Å²) in [5.41, 5.74) is 4.14. The minimum Gasteiger partial charge on any atom is -0.390 e. The molecule has 2 aliphatic rings. The lowest BCUT2D eigenvalue weighted by atomic mass is 9.77. The first-order valence-electron chi connectivity index (χ1n) is 10.7. The average Bonchev–Trinajstić information content (AvgIpc) is 3.34. The van der Waals surface area contributed by atoms with E-state index >= 15 is 0 Å². The molecule has 2 fully saturated rings. The van der Waals surface area contributed by atoms with E-state index in [1.54, 1.807) is 6.07 Å². The Bertz CT molecular complexity index is 1140. The highest BCUT2D eigenvalue weighted by molar-refractivity contribution is 6.43. The number of aliphatic hydroxyl groups excluding tert-OH is 1. The van der Waals surface area contributed by atoms with Crippen molar-refractivity contribution >= 4 is 34.5 Å². The molecule has 0 unspecified atom stereocenters. The number of halogens is 2. The van der Waals surface area contributed by atoms with Crippen LogP contribution >= 0.6 is 23.2 Å². The van der Waals surface area contributed by atoms with Crippen molar-refractivity contribution in [3.8, 4) is 11.3 Å². The predicted octanol–water partition coefficient (Wildman–Crippen LogP) is 4.90. The number of ether oxygens (including phenoxy) is 1. The largest absolute Gasteiger partial charge is 0.390 e. The number of aryl methyl sites for hydroxylation is 1. The van der Waals surface area contributed by atoms with Crippen LogP contribution in [0, 0.1) is 12.3 Å². The molecule has 0 aliphatic carbocycles. The topological polar surface area (TPSA) is 62.9 Å². The predicted molar refractivity (Wildman–Crippen MR) is 123 cm³/mol. The normalized spacial score (nSPS) is 20.8. The smallest absolute Gasteiger partial charge is 0.155 e. The molecule has 31 heavy (non-hydrogen) atoms. The van der Waals surface area contributed by atoms with E-state index < -0.39 is 0 Å². The van der Waals surface area contributed by atoms with E-state index in [4.69, 9.17) is 32.9 Å². The zero-order valence-corrected chi connectivity index (χ0v) is 19.2. The fourth-order valence-corrected chi connectivity index (χ4v) is 5.47. The van der Waals surface area contributed by atoms with Crippen LogP contribution in [0.5, 0.6) is 0 Å². The van der Waals surface area contributed by atoms with E-state index in [0.29, 0.717) is 27.3 Å². The number of piperidine rings is 1. The lowest BCUT2D eigenvalue weighted by Gasteiger charge is -2.39. The van der Waals surface area contributed by atoms with Crippen LogP contribution in [0.4, 0.5) is 5.82 Å². The number of rotatable bonds is 3.